The minimum Gasteiger partial charge on any atom is -0.480 e. The fourth-order valence-corrected chi connectivity index (χ4v) is 1.83. The fraction of sp³-hybridized carbons (Fsp3) is 0.727. The van der Waals surface area contributed by atoms with Gasteiger partial charge >= 0.3 is 12.0 Å². The first-order valence-corrected chi connectivity index (χ1v) is 5.98. The Labute approximate surface area is 106 Å². The molecule has 1 saturated heterocycles. The summed E-state index contributed by atoms with van der Waals surface area (Å²) in [7, 11) is 1.64. The Balaban J connectivity index is 2.46. The molecule has 0 spiro atoms. The number of likely N-dealkylation sites (N-methyl/N-ethyl adjacent to an activating group) is 1. The lowest BCUT2D eigenvalue weighted by Crippen LogP contribution is -2.48. The van der Waals surface area contributed by atoms with Crippen molar-refractivity contribution in [2.24, 2.45) is 0 Å². The highest BCUT2D eigenvalue weighted by atomic mass is 16.4. The van der Waals surface area contributed by atoms with Crippen molar-refractivity contribution in [3.8, 4) is 0 Å². The van der Waals surface area contributed by atoms with Crippen LogP contribution < -0.4 is 5.32 Å². The molecule has 3 amide bonds. The first-order chi connectivity index (χ1) is 8.47. The molecule has 0 aromatic heterocycles. The van der Waals surface area contributed by atoms with E-state index >= 15 is 0 Å². The molecule has 1 heterocycles. The van der Waals surface area contributed by atoms with Crippen molar-refractivity contribution in [1.29, 1.82) is 0 Å². The van der Waals surface area contributed by atoms with Crippen LogP contribution >= 0.6 is 0 Å². The van der Waals surface area contributed by atoms with Gasteiger partial charge in [0.25, 0.3) is 0 Å². The lowest BCUT2D eigenvalue weighted by Gasteiger charge is -2.22. The molecule has 0 aliphatic carbocycles. The van der Waals surface area contributed by atoms with Crippen molar-refractivity contribution in [3.05, 3.63) is 0 Å². The molecule has 0 aromatic carbocycles. The van der Waals surface area contributed by atoms with E-state index in [-0.39, 0.29) is 12.5 Å². The molecule has 18 heavy (non-hydrogen) atoms. The van der Waals surface area contributed by atoms with E-state index in [1.54, 1.807) is 7.05 Å². The number of urea groups is 1. The molecule has 0 aromatic rings. The molecular formula is C11H19N3O4. The van der Waals surface area contributed by atoms with Crippen molar-refractivity contribution >= 4 is 17.9 Å². The second-order valence-corrected chi connectivity index (χ2v) is 4.26. The van der Waals surface area contributed by atoms with Gasteiger partial charge in [-0.1, -0.05) is 0 Å². The highest BCUT2D eigenvalue weighted by molar-refractivity contribution is 5.87. The van der Waals surface area contributed by atoms with Crippen molar-refractivity contribution in [2.75, 3.05) is 26.7 Å². The predicted molar refractivity (Wildman–Crippen MR) is 64.1 cm³/mol. The maximum atomic E-state index is 11.8. The van der Waals surface area contributed by atoms with E-state index in [4.69, 9.17) is 5.11 Å². The maximum Gasteiger partial charge on any atom is 0.326 e. The molecule has 1 aliphatic rings. The molecule has 0 radical (unpaired) electrons. The third kappa shape index (κ3) is 3.35. The van der Waals surface area contributed by atoms with E-state index in [0.717, 1.165) is 0 Å². The molecule has 102 valence electrons. The molecule has 0 unspecified atom stereocenters. The highest BCUT2D eigenvalue weighted by Crippen LogP contribution is 2.17. The molecule has 0 saturated carbocycles. The van der Waals surface area contributed by atoms with Crippen molar-refractivity contribution in [2.45, 2.75) is 25.8 Å². The summed E-state index contributed by atoms with van der Waals surface area (Å²) in [6.07, 6.45) is 1.14. The van der Waals surface area contributed by atoms with Crippen LogP contribution in [-0.4, -0.2) is 65.5 Å². The monoisotopic (exact) mass is 257 g/mol. The average molecular weight is 257 g/mol. The third-order valence-corrected chi connectivity index (χ3v) is 3.09. The van der Waals surface area contributed by atoms with E-state index in [9.17, 15) is 14.4 Å². The Hall–Kier alpha value is -1.79. The lowest BCUT2D eigenvalue weighted by atomic mass is 10.2. The SMILES string of the molecule is CCN(C)C(=O)CNC(=O)N1CCC[C@H]1C(=O)O. The second-order valence-electron chi connectivity index (χ2n) is 4.26. The van der Waals surface area contributed by atoms with Gasteiger partial charge in [0.2, 0.25) is 5.91 Å². The summed E-state index contributed by atoms with van der Waals surface area (Å²) in [5.74, 6) is -1.20. The number of nitrogens with zero attached hydrogens (tertiary/aromatic N) is 2. The minimum atomic E-state index is -1.00. The molecule has 1 fully saturated rings. The normalized spacial score (nSPS) is 18.6. The first-order valence-electron chi connectivity index (χ1n) is 5.98. The van der Waals surface area contributed by atoms with E-state index in [0.29, 0.717) is 25.9 Å². The van der Waals surface area contributed by atoms with Crippen molar-refractivity contribution in [1.82, 2.24) is 15.1 Å². The summed E-state index contributed by atoms with van der Waals surface area (Å²) in [5.41, 5.74) is 0. The topological polar surface area (TPSA) is 90.0 Å². The zero-order valence-electron chi connectivity index (χ0n) is 10.7. The van der Waals surface area contributed by atoms with Crippen LogP contribution in [-0.2, 0) is 9.59 Å². The van der Waals surface area contributed by atoms with Crippen LogP contribution in [0.25, 0.3) is 0 Å². The average Bonchev–Trinajstić information content (AvgIpc) is 2.83. The number of hydrogen-bond acceptors (Lipinski definition) is 3. The quantitative estimate of drug-likeness (QED) is 0.725. The molecule has 0 bridgehead atoms. The number of rotatable bonds is 4. The van der Waals surface area contributed by atoms with Gasteiger partial charge in [-0.2, -0.15) is 0 Å². The van der Waals surface area contributed by atoms with Crippen LogP contribution in [0.3, 0.4) is 0 Å². The molecular weight excluding hydrogens is 238 g/mol. The Kier molecular flexibility index (Phi) is 4.94. The Morgan fingerprint density at radius 2 is 2.11 bits per heavy atom. The zero-order valence-corrected chi connectivity index (χ0v) is 10.7. The van der Waals surface area contributed by atoms with E-state index in [1.807, 2.05) is 6.92 Å². The molecule has 7 nitrogen and oxygen atoms in total. The van der Waals surface area contributed by atoms with Gasteiger partial charge in [0, 0.05) is 20.1 Å². The van der Waals surface area contributed by atoms with Gasteiger partial charge in [0.15, 0.2) is 0 Å². The minimum absolute atomic E-state index is 0.105. The Bertz CT molecular complexity index is 345. The van der Waals surface area contributed by atoms with Crippen LogP contribution in [0.15, 0.2) is 0 Å². The number of amides is 3. The Morgan fingerprint density at radius 1 is 1.44 bits per heavy atom. The summed E-state index contributed by atoms with van der Waals surface area (Å²) in [4.78, 5) is 36.9. The number of likely N-dealkylation sites (tertiary alicyclic amines) is 1. The number of carboxylic acid groups (broad SMARTS) is 1. The second kappa shape index (κ2) is 6.23. The van der Waals surface area contributed by atoms with E-state index in [2.05, 4.69) is 5.32 Å². The van der Waals surface area contributed by atoms with Gasteiger partial charge < -0.3 is 20.2 Å². The maximum absolute atomic E-state index is 11.8. The third-order valence-electron chi connectivity index (χ3n) is 3.09. The molecule has 2 N–H and O–H groups in total. The van der Waals surface area contributed by atoms with E-state index in [1.165, 1.54) is 9.80 Å². The molecule has 1 aliphatic heterocycles. The van der Waals surface area contributed by atoms with Crippen LogP contribution in [0.1, 0.15) is 19.8 Å². The van der Waals surface area contributed by atoms with Crippen molar-refractivity contribution in [3.63, 3.8) is 0 Å². The Morgan fingerprint density at radius 3 is 2.67 bits per heavy atom. The number of carbonyl (C=O) groups excluding carboxylic acids is 2. The van der Waals surface area contributed by atoms with Gasteiger partial charge in [-0.15, -0.1) is 0 Å². The fourth-order valence-electron chi connectivity index (χ4n) is 1.83. The largest absolute Gasteiger partial charge is 0.480 e. The smallest absolute Gasteiger partial charge is 0.326 e. The molecule has 1 rings (SSSR count). The molecule has 1 atom stereocenters. The number of aliphatic carboxylic acids is 1. The predicted octanol–water partition coefficient (Wildman–Crippen LogP) is -0.277. The van der Waals surface area contributed by atoms with Crippen LogP contribution in [0, 0.1) is 0 Å². The van der Waals surface area contributed by atoms with Crippen LogP contribution in [0.4, 0.5) is 4.79 Å². The summed E-state index contributed by atoms with van der Waals surface area (Å²) < 4.78 is 0. The van der Waals surface area contributed by atoms with Gasteiger partial charge in [0.1, 0.15) is 6.04 Å². The number of hydrogen-bond donors (Lipinski definition) is 2. The van der Waals surface area contributed by atoms with Crippen LogP contribution in [0.5, 0.6) is 0 Å². The first kappa shape index (κ1) is 14.3. The number of nitrogens with one attached hydrogen (secondary N) is 1. The van der Waals surface area contributed by atoms with Gasteiger partial charge in [-0.3, -0.25) is 4.79 Å². The highest BCUT2D eigenvalue weighted by Gasteiger charge is 2.33. The summed E-state index contributed by atoms with van der Waals surface area (Å²) in [6.45, 7) is 2.71. The number of carboxylic acids is 1. The lowest BCUT2D eigenvalue weighted by molar-refractivity contribution is -0.141. The van der Waals surface area contributed by atoms with E-state index < -0.39 is 18.0 Å². The summed E-state index contributed by atoms with van der Waals surface area (Å²) in [5, 5.41) is 11.4. The number of carbonyl (C=O) groups is 3. The summed E-state index contributed by atoms with van der Waals surface area (Å²) in [6, 6.07) is -1.26. The standard InChI is InChI=1S/C11H19N3O4/c1-3-13(2)9(15)7-12-11(18)14-6-4-5-8(14)10(16)17/h8H,3-7H2,1-2H3,(H,12,18)(H,16,17)/t8-/m0/s1. The van der Waals surface area contributed by atoms with Crippen molar-refractivity contribution < 1.29 is 19.5 Å². The van der Waals surface area contributed by atoms with Crippen LogP contribution in [0.2, 0.25) is 0 Å². The van der Waals surface area contributed by atoms with Gasteiger partial charge in [0.05, 0.1) is 6.54 Å². The van der Waals surface area contributed by atoms with Gasteiger partial charge in [-0.05, 0) is 19.8 Å². The summed E-state index contributed by atoms with van der Waals surface area (Å²) >= 11 is 0. The zero-order chi connectivity index (χ0) is 13.7. The van der Waals surface area contributed by atoms with Gasteiger partial charge in [-0.25, -0.2) is 9.59 Å². The molecule has 7 heteroatoms.